The topological polar surface area (TPSA) is 80.4 Å². The first kappa shape index (κ1) is 10.5. The molecule has 0 spiro atoms. The van der Waals surface area contributed by atoms with Crippen LogP contribution in [-0.2, 0) is 0 Å². The lowest BCUT2D eigenvalue weighted by atomic mass is 9.92. The number of primary amides is 1. The lowest BCUT2D eigenvalue weighted by Crippen LogP contribution is -2.15. The van der Waals surface area contributed by atoms with Crippen LogP contribution in [0.3, 0.4) is 0 Å². The molecule has 0 radical (unpaired) electrons. The van der Waals surface area contributed by atoms with Crippen LogP contribution in [0.4, 0.5) is 0 Å². The Morgan fingerprint density at radius 3 is 2.11 bits per heavy atom. The van der Waals surface area contributed by atoms with Gasteiger partial charge < -0.3 is 10.8 Å². The molecule has 88 valence electrons. The Bertz CT molecular complexity index is 687. The summed E-state index contributed by atoms with van der Waals surface area (Å²) in [5, 5.41) is 9.22. The van der Waals surface area contributed by atoms with Gasteiger partial charge in [0.05, 0.1) is 11.1 Å². The van der Waals surface area contributed by atoms with E-state index in [2.05, 4.69) is 0 Å². The molecular weight excluding hydrogens is 230 g/mol. The van der Waals surface area contributed by atoms with Gasteiger partial charge in [0.1, 0.15) is 0 Å². The molecule has 0 saturated carbocycles. The summed E-state index contributed by atoms with van der Waals surface area (Å²) in [6.45, 7) is 0. The van der Waals surface area contributed by atoms with Crippen molar-refractivity contribution < 1.29 is 14.7 Å². The molecule has 2 aliphatic rings. The number of amides is 1. The van der Waals surface area contributed by atoms with Crippen LogP contribution >= 0.6 is 0 Å². The maximum Gasteiger partial charge on any atom is 0.336 e. The van der Waals surface area contributed by atoms with E-state index < -0.39 is 11.9 Å². The van der Waals surface area contributed by atoms with Crippen molar-refractivity contribution in [2.75, 3.05) is 0 Å². The predicted molar refractivity (Wildman–Crippen MR) is 66.3 cm³/mol. The molecule has 0 atom stereocenters. The van der Waals surface area contributed by atoms with E-state index in [0.29, 0.717) is 16.7 Å². The molecule has 0 aromatic heterocycles. The number of hydrogen-bond acceptors (Lipinski definition) is 2. The maximum absolute atomic E-state index is 11.6. The van der Waals surface area contributed by atoms with Crippen molar-refractivity contribution in [2.45, 2.75) is 0 Å². The molecule has 4 heteroatoms. The third-order valence-corrected chi connectivity index (χ3v) is 3.17. The van der Waals surface area contributed by atoms with Gasteiger partial charge in [-0.25, -0.2) is 4.79 Å². The molecule has 0 aliphatic heterocycles. The third kappa shape index (κ3) is 1.26. The van der Waals surface area contributed by atoms with Gasteiger partial charge in [0.15, 0.2) is 0 Å². The quantitative estimate of drug-likeness (QED) is 0.718. The Morgan fingerprint density at radius 2 is 1.56 bits per heavy atom. The second kappa shape index (κ2) is 3.43. The van der Waals surface area contributed by atoms with Crippen molar-refractivity contribution in [2.24, 2.45) is 5.73 Å². The van der Waals surface area contributed by atoms with E-state index in [4.69, 9.17) is 5.73 Å². The van der Waals surface area contributed by atoms with Crippen LogP contribution in [0.25, 0.3) is 22.3 Å². The number of benzene rings is 2. The molecule has 4 nitrogen and oxygen atoms in total. The fourth-order valence-electron chi connectivity index (χ4n) is 2.39. The molecular formula is C14H9NO3. The summed E-state index contributed by atoms with van der Waals surface area (Å²) in [4.78, 5) is 22.9. The maximum atomic E-state index is 11.6. The van der Waals surface area contributed by atoms with Gasteiger partial charge in [-0.2, -0.15) is 0 Å². The molecule has 3 N–H and O–H groups in total. The fraction of sp³-hybridized carbons (Fsp3) is 0. The minimum Gasteiger partial charge on any atom is -0.478 e. The molecule has 2 aromatic carbocycles. The molecule has 2 aromatic rings. The highest BCUT2D eigenvalue weighted by molar-refractivity contribution is 6.12. The zero-order chi connectivity index (χ0) is 12.9. The van der Waals surface area contributed by atoms with Crippen LogP contribution in [0, 0.1) is 0 Å². The molecule has 4 rings (SSSR count). The van der Waals surface area contributed by atoms with Crippen molar-refractivity contribution in [3.05, 3.63) is 47.5 Å². The molecule has 4 bridgehead atoms. The SMILES string of the molecule is NC(=O)c1c2ccc(C(=O)O)c1-c1ccc-2cc1. The van der Waals surface area contributed by atoms with Gasteiger partial charge in [-0.3, -0.25) is 4.79 Å². The van der Waals surface area contributed by atoms with Gasteiger partial charge in [-0.1, -0.05) is 30.3 Å². The standard InChI is InChI=1S/C14H9NO3/c15-13(16)12-9-5-6-10(14(17)18)11(12)8-3-1-7(9)2-4-8/h1-6H,(H2,15,16)(H,17,18). The molecule has 2 aliphatic carbocycles. The van der Waals surface area contributed by atoms with E-state index in [9.17, 15) is 14.7 Å². The summed E-state index contributed by atoms with van der Waals surface area (Å²) in [7, 11) is 0. The summed E-state index contributed by atoms with van der Waals surface area (Å²) in [5.74, 6) is -1.67. The normalized spacial score (nSPS) is 11.1. The van der Waals surface area contributed by atoms with E-state index in [1.807, 2.05) is 12.1 Å². The van der Waals surface area contributed by atoms with E-state index in [1.54, 1.807) is 18.2 Å². The first-order chi connectivity index (χ1) is 8.59. The lowest BCUT2D eigenvalue weighted by Gasteiger charge is -2.11. The monoisotopic (exact) mass is 239 g/mol. The van der Waals surface area contributed by atoms with Crippen LogP contribution in [0.2, 0.25) is 0 Å². The molecule has 18 heavy (non-hydrogen) atoms. The Labute approximate surface area is 103 Å². The summed E-state index contributed by atoms with van der Waals surface area (Å²) in [6.07, 6.45) is 0. The highest BCUT2D eigenvalue weighted by atomic mass is 16.4. The first-order valence-corrected chi connectivity index (χ1v) is 5.40. The van der Waals surface area contributed by atoms with Crippen molar-refractivity contribution >= 4 is 11.9 Å². The molecule has 0 heterocycles. The smallest absolute Gasteiger partial charge is 0.336 e. The Morgan fingerprint density at radius 1 is 0.944 bits per heavy atom. The van der Waals surface area contributed by atoms with Gasteiger partial charge in [0.2, 0.25) is 5.91 Å². The summed E-state index contributed by atoms with van der Waals surface area (Å²) < 4.78 is 0. The Hall–Kier alpha value is -2.62. The number of aromatic carboxylic acids is 1. The minimum atomic E-state index is -1.07. The largest absolute Gasteiger partial charge is 0.478 e. The number of carboxylic acid groups (broad SMARTS) is 1. The zero-order valence-corrected chi connectivity index (χ0v) is 9.31. The highest BCUT2D eigenvalue weighted by Gasteiger charge is 2.25. The first-order valence-electron chi connectivity index (χ1n) is 5.40. The van der Waals surface area contributed by atoms with E-state index in [-0.39, 0.29) is 11.1 Å². The van der Waals surface area contributed by atoms with Crippen molar-refractivity contribution in [3.63, 3.8) is 0 Å². The molecule has 0 unspecified atom stereocenters. The number of carbonyl (C=O) groups excluding carboxylic acids is 1. The van der Waals surface area contributed by atoms with Crippen LogP contribution in [0.1, 0.15) is 20.7 Å². The van der Waals surface area contributed by atoms with Gasteiger partial charge in [-0.05, 0) is 22.8 Å². The average Bonchev–Trinajstić information content (AvgIpc) is 2.52. The van der Waals surface area contributed by atoms with Gasteiger partial charge in [-0.15, -0.1) is 0 Å². The van der Waals surface area contributed by atoms with Gasteiger partial charge in [0, 0.05) is 5.56 Å². The van der Waals surface area contributed by atoms with Gasteiger partial charge >= 0.3 is 5.97 Å². The third-order valence-electron chi connectivity index (χ3n) is 3.17. The van der Waals surface area contributed by atoms with Gasteiger partial charge in [0.25, 0.3) is 0 Å². The number of carbonyl (C=O) groups is 2. The number of rotatable bonds is 2. The number of carboxylic acids is 1. The van der Waals surface area contributed by atoms with Crippen molar-refractivity contribution in [3.8, 4) is 22.3 Å². The van der Waals surface area contributed by atoms with E-state index in [0.717, 1.165) is 5.56 Å². The summed E-state index contributed by atoms with van der Waals surface area (Å²) in [6, 6.07) is 10.5. The predicted octanol–water partition coefficient (Wildman–Crippen LogP) is 2.13. The average molecular weight is 239 g/mol. The lowest BCUT2D eigenvalue weighted by molar-refractivity contribution is 0.0697. The number of fused-ring (bicyclic) bond motifs is 2. The van der Waals surface area contributed by atoms with Crippen LogP contribution in [-0.4, -0.2) is 17.0 Å². The highest BCUT2D eigenvalue weighted by Crippen LogP contribution is 2.39. The fourth-order valence-corrected chi connectivity index (χ4v) is 2.39. The van der Waals surface area contributed by atoms with Crippen LogP contribution in [0.5, 0.6) is 0 Å². The van der Waals surface area contributed by atoms with Crippen LogP contribution in [0.15, 0.2) is 36.4 Å². The molecule has 1 amide bonds. The van der Waals surface area contributed by atoms with E-state index in [1.165, 1.54) is 6.07 Å². The summed E-state index contributed by atoms with van der Waals surface area (Å²) in [5.41, 5.74) is 8.44. The molecule has 0 fully saturated rings. The number of nitrogens with two attached hydrogens (primary N) is 1. The second-order valence-corrected chi connectivity index (χ2v) is 4.16. The minimum absolute atomic E-state index is 0.0972. The second-order valence-electron chi connectivity index (χ2n) is 4.16. The number of hydrogen-bond donors (Lipinski definition) is 2. The van der Waals surface area contributed by atoms with Crippen molar-refractivity contribution in [1.82, 2.24) is 0 Å². The van der Waals surface area contributed by atoms with Crippen LogP contribution < -0.4 is 5.73 Å². The zero-order valence-electron chi connectivity index (χ0n) is 9.31. The summed E-state index contributed by atoms with van der Waals surface area (Å²) >= 11 is 0. The van der Waals surface area contributed by atoms with Crippen molar-refractivity contribution in [1.29, 1.82) is 0 Å². The molecule has 0 saturated heterocycles. The van der Waals surface area contributed by atoms with E-state index >= 15 is 0 Å². The Balaban J connectivity index is 2.51. The Kier molecular flexibility index (Phi) is 2.01.